The second kappa shape index (κ2) is 7.84. The normalized spacial score (nSPS) is 11.0. The highest BCUT2D eigenvalue weighted by atomic mass is 16.5. The number of aromatic nitrogens is 4. The van der Waals surface area contributed by atoms with Crippen LogP contribution in [0.25, 0.3) is 28.2 Å². The van der Waals surface area contributed by atoms with Crippen LogP contribution in [0.1, 0.15) is 16.2 Å². The summed E-state index contributed by atoms with van der Waals surface area (Å²) in [6.45, 7) is -0.253. The molecule has 10 nitrogen and oxygen atoms in total. The fraction of sp³-hybridized carbons (Fsp3) is 0.0455. The number of benzene rings is 2. The lowest BCUT2D eigenvalue weighted by atomic mass is 10.1. The summed E-state index contributed by atoms with van der Waals surface area (Å²) in [6.07, 6.45) is 1.47. The van der Waals surface area contributed by atoms with E-state index in [-0.39, 0.29) is 34.9 Å². The van der Waals surface area contributed by atoms with Crippen molar-refractivity contribution in [3.05, 3.63) is 99.2 Å². The van der Waals surface area contributed by atoms with Gasteiger partial charge in [-0.25, -0.2) is 14.2 Å². The first kappa shape index (κ1) is 19.2. The molecule has 0 saturated carbocycles. The van der Waals surface area contributed by atoms with Gasteiger partial charge in [0.2, 0.25) is 0 Å². The Morgan fingerprint density at radius 2 is 1.88 bits per heavy atom. The van der Waals surface area contributed by atoms with Crippen LogP contribution >= 0.6 is 0 Å². The SMILES string of the molecule is O=C(OCc1nnc(-c2ccco2)o1)c1ccc2c(=O)n(-c3ccccc3)c(=O)[nH]c2c1. The molecule has 0 aliphatic rings. The van der Waals surface area contributed by atoms with Gasteiger partial charge in [-0.3, -0.25) is 4.79 Å². The predicted molar refractivity (Wildman–Crippen MR) is 111 cm³/mol. The first-order chi connectivity index (χ1) is 15.6. The minimum atomic E-state index is -0.683. The van der Waals surface area contributed by atoms with E-state index in [1.165, 1.54) is 24.5 Å². The van der Waals surface area contributed by atoms with E-state index in [4.69, 9.17) is 13.6 Å². The number of aromatic amines is 1. The molecular weight excluding hydrogens is 416 g/mol. The number of ether oxygens (including phenoxy) is 1. The van der Waals surface area contributed by atoms with Crippen molar-refractivity contribution < 1.29 is 18.4 Å². The van der Waals surface area contributed by atoms with Gasteiger partial charge in [0.05, 0.1) is 28.4 Å². The molecule has 0 atom stereocenters. The fourth-order valence-corrected chi connectivity index (χ4v) is 3.18. The molecule has 0 fully saturated rings. The molecule has 158 valence electrons. The Morgan fingerprint density at radius 1 is 1.03 bits per heavy atom. The Kier molecular flexibility index (Phi) is 4.71. The Balaban J connectivity index is 1.38. The number of carbonyl (C=O) groups excluding carboxylic acids is 1. The van der Waals surface area contributed by atoms with E-state index >= 15 is 0 Å². The van der Waals surface area contributed by atoms with Crippen molar-refractivity contribution in [2.75, 3.05) is 0 Å². The Morgan fingerprint density at radius 3 is 2.66 bits per heavy atom. The van der Waals surface area contributed by atoms with Gasteiger partial charge in [-0.1, -0.05) is 18.2 Å². The van der Waals surface area contributed by atoms with Crippen LogP contribution in [0.2, 0.25) is 0 Å². The van der Waals surface area contributed by atoms with Crippen LogP contribution in [0, 0.1) is 0 Å². The molecule has 1 N–H and O–H groups in total. The number of fused-ring (bicyclic) bond motifs is 1. The van der Waals surface area contributed by atoms with Crippen LogP contribution in [0.15, 0.2) is 85.4 Å². The molecule has 0 aliphatic carbocycles. The van der Waals surface area contributed by atoms with Crippen molar-refractivity contribution in [3.63, 3.8) is 0 Å². The lowest BCUT2D eigenvalue weighted by Gasteiger charge is -2.07. The molecule has 5 rings (SSSR count). The van der Waals surface area contributed by atoms with Crippen LogP contribution in [0.4, 0.5) is 0 Å². The van der Waals surface area contributed by atoms with Gasteiger partial charge in [-0.2, -0.15) is 0 Å². The Hall–Kier alpha value is -4.73. The second-order valence-electron chi connectivity index (χ2n) is 6.72. The second-order valence-corrected chi connectivity index (χ2v) is 6.72. The minimum Gasteiger partial charge on any atom is -0.459 e. The summed E-state index contributed by atoms with van der Waals surface area (Å²) in [5.41, 5.74) is -0.297. The molecule has 3 aromatic heterocycles. The number of carbonyl (C=O) groups is 1. The molecule has 0 bridgehead atoms. The first-order valence-corrected chi connectivity index (χ1v) is 9.48. The van der Waals surface area contributed by atoms with E-state index in [9.17, 15) is 14.4 Å². The molecule has 0 radical (unpaired) electrons. The summed E-state index contributed by atoms with van der Waals surface area (Å²) >= 11 is 0. The number of nitrogens with zero attached hydrogens (tertiary/aromatic N) is 3. The van der Waals surface area contributed by atoms with Gasteiger partial charge in [0.15, 0.2) is 12.4 Å². The number of esters is 1. The van der Waals surface area contributed by atoms with Gasteiger partial charge < -0.3 is 18.6 Å². The van der Waals surface area contributed by atoms with Gasteiger partial charge in [0, 0.05) is 0 Å². The first-order valence-electron chi connectivity index (χ1n) is 9.48. The van der Waals surface area contributed by atoms with Crippen LogP contribution in [0.3, 0.4) is 0 Å². The maximum Gasteiger partial charge on any atom is 0.338 e. The Bertz CT molecular complexity index is 1530. The molecule has 32 heavy (non-hydrogen) atoms. The van der Waals surface area contributed by atoms with Gasteiger partial charge in [-0.05, 0) is 42.5 Å². The maximum atomic E-state index is 12.8. The van der Waals surface area contributed by atoms with E-state index in [2.05, 4.69) is 15.2 Å². The topological polar surface area (TPSA) is 133 Å². The van der Waals surface area contributed by atoms with Crippen molar-refractivity contribution in [3.8, 4) is 17.3 Å². The summed E-state index contributed by atoms with van der Waals surface area (Å²) in [6, 6.07) is 16.2. The van der Waals surface area contributed by atoms with E-state index in [1.54, 1.807) is 42.5 Å². The summed E-state index contributed by atoms with van der Waals surface area (Å²) < 4.78 is 16.8. The van der Waals surface area contributed by atoms with Crippen molar-refractivity contribution in [1.82, 2.24) is 19.7 Å². The van der Waals surface area contributed by atoms with E-state index in [0.29, 0.717) is 11.4 Å². The summed E-state index contributed by atoms with van der Waals surface area (Å²) in [5, 5.41) is 7.88. The van der Waals surface area contributed by atoms with Gasteiger partial charge in [0.1, 0.15) is 0 Å². The third kappa shape index (κ3) is 3.49. The molecule has 3 heterocycles. The van der Waals surface area contributed by atoms with E-state index < -0.39 is 17.2 Å². The molecule has 10 heteroatoms. The average Bonchev–Trinajstić information content (AvgIpc) is 3.50. The van der Waals surface area contributed by atoms with Gasteiger partial charge in [-0.15, -0.1) is 10.2 Å². The van der Waals surface area contributed by atoms with Crippen LogP contribution in [0.5, 0.6) is 0 Å². The standard InChI is InChI=1S/C22H14N4O6/c27-20-15-9-8-13(11-16(15)23-22(29)26(20)14-5-2-1-3-6-14)21(28)31-12-18-24-25-19(32-18)17-7-4-10-30-17/h1-11H,12H2,(H,23,29). The number of rotatable bonds is 5. The zero-order valence-corrected chi connectivity index (χ0v) is 16.3. The zero-order chi connectivity index (χ0) is 22.1. The minimum absolute atomic E-state index is 0.0877. The van der Waals surface area contributed by atoms with Crippen molar-refractivity contribution in [2.24, 2.45) is 0 Å². The molecule has 0 saturated heterocycles. The van der Waals surface area contributed by atoms with Crippen molar-refractivity contribution in [1.29, 1.82) is 0 Å². The van der Waals surface area contributed by atoms with Crippen LogP contribution in [-0.4, -0.2) is 25.7 Å². The van der Waals surface area contributed by atoms with Crippen LogP contribution in [-0.2, 0) is 11.3 Å². The highest BCUT2D eigenvalue weighted by Crippen LogP contribution is 2.18. The molecule has 5 aromatic rings. The smallest absolute Gasteiger partial charge is 0.338 e. The number of H-pyrrole nitrogens is 1. The largest absolute Gasteiger partial charge is 0.459 e. The summed E-state index contributed by atoms with van der Waals surface area (Å²) in [4.78, 5) is 40.4. The maximum absolute atomic E-state index is 12.8. The summed E-state index contributed by atoms with van der Waals surface area (Å²) in [5.74, 6) is -0.0313. The number of para-hydroxylation sites is 1. The number of hydrogen-bond donors (Lipinski definition) is 1. The lowest BCUT2D eigenvalue weighted by molar-refractivity contribution is 0.0438. The Labute approximate surface area is 178 Å². The quantitative estimate of drug-likeness (QED) is 0.421. The average molecular weight is 430 g/mol. The molecule has 2 aromatic carbocycles. The van der Waals surface area contributed by atoms with E-state index in [1.807, 2.05) is 0 Å². The van der Waals surface area contributed by atoms with E-state index in [0.717, 1.165) is 4.57 Å². The molecule has 0 unspecified atom stereocenters. The highest BCUT2D eigenvalue weighted by molar-refractivity contribution is 5.94. The predicted octanol–water partition coefficient (Wildman–Crippen LogP) is 2.68. The number of hydrogen-bond acceptors (Lipinski definition) is 8. The van der Waals surface area contributed by atoms with Gasteiger partial charge in [0.25, 0.3) is 17.3 Å². The van der Waals surface area contributed by atoms with Crippen molar-refractivity contribution in [2.45, 2.75) is 6.61 Å². The van der Waals surface area contributed by atoms with Crippen LogP contribution < -0.4 is 11.2 Å². The monoisotopic (exact) mass is 430 g/mol. The van der Waals surface area contributed by atoms with Gasteiger partial charge >= 0.3 is 11.7 Å². The summed E-state index contributed by atoms with van der Waals surface area (Å²) in [7, 11) is 0. The molecule has 0 aliphatic heterocycles. The fourth-order valence-electron chi connectivity index (χ4n) is 3.18. The zero-order valence-electron chi connectivity index (χ0n) is 16.3. The van der Waals surface area contributed by atoms with Crippen molar-refractivity contribution >= 4 is 16.9 Å². The third-order valence-electron chi connectivity index (χ3n) is 4.67. The molecular formula is C22H14N4O6. The lowest BCUT2D eigenvalue weighted by Crippen LogP contribution is -2.33. The molecule has 0 amide bonds. The highest BCUT2D eigenvalue weighted by Gasteiger charge is 2.16. The number of nitrogens with one attached hydrogen (secondary N) is 1. The number of furan rings is 1. The third-order valence-corrected chi connectivity index (χ3v) is 4.67. The molecule has 0 spiro atoms.